The van der Waals surface area contributed by atoms with Crippen LogP contribution in [0.4, 0.5) is 11.6 Å². The van der Waals surface area contributed by atoms with Crippen molar-refractivity contribution < 1.29 is 9.53 Å². The molecule has 0 radical (unpaired) electrons. The number of piperidine rings is 1. The fourth-order valence-electron chi connectivity index (χ4n) is 3.34. The Bertz CT molecular complexity index is 861. The van der Waals surface area contributed by atoms with Crippen molar-refractivity contribution in [1.29, 1.82) is 0 Å². The van der Waals surface area contributed by atoms with Crippen molar-refractivity contribution in [2.24, 2.45) is 0 Å². The summed E-state index contributed by atoms with van der Waals surface area (Å²) in [5.41, 5.74) is 1.03. The Morgan fingerprint density at radius 1 is 1.28 bits per heavy atom. The third kappa shape index (κ3) is 6.90. The first-order valence-corrected chi connectivity index (χ1v) is 10.1. The van der Waals surface area contributed by atoms with Crippen molar-refractivity contribution in [1.82, 2.24) is 14.9 Å². The molecule has 8 heteroatoms. The second-order valence-corrected chi connectivity index (χ2v) is 7.27. The molecule has 3 N–H and O–H groups in total. The van der Waals surface area contributed by atoms with E-state index in [0.29, 0.717) is 19.1 Å². The minimum atomic E-state index is -0.389. The van der Waals surface area contributed by atoms with Gasteiger partial charge in [-0.05, 0) is 50.0 Å². The Balaban J connectivity index is 1.39. The summed E-state index contributed by atoms with van der Waals surface area (Å²) in [4.78, 5) is 32.0. The highest BCUT2D eigenvalue weighted by Gasteiger charge is 2.10. The fraction of sp³-hybridized carbons (Fsp3) is 0.476. The standard InChI is InChI=1S/C21H29N5O3/c1-16(27)24-19-14-23-21(25-20(19)28)22-9-6-12-29-18-8-5-7-17(13-18)15-26-10-3-2-4-11-26/h5,7-8,13-14H,2-4,6,9-12,15H2,1H3,(H,24,27)(H2,22,23,25,28). The number of anilines is 2. The number of nitrogens with one attached hydrogen (secondary N) is 3. The number of likely N-dealkylation sites (tertiary alicyclic amines) is 1. The van der Waals surface area contributed by atoms with E-state index in [1.54, 1.807) is 0 Å². The van der Waals surface area contributed by atoms with E-state index in [4.69, 9.17) is 4.74 Å². The molecule has 3 rings (SSSR count). The molecule has 29 heavy (non-hydrogen) atoms. The number of carbonyl (C=O) groups excluding carboxylic acids is 1. The largest absolute Gasteiger partial charge is 0.494 e. The molecule has 0 unspecified atom stereocenters. The van der Waals surface area contributed by atoms with Crippen molar-refractivity contribution in [2.45, 2.75) is 39.2 Å². The van der Waals surface area contributed by atoms with Crippen LogP contribution >= 0.6 is 0 Å². The van der Waals surface area contributed by atoms with Crippen molar-refractivity contribution in [3.63, 3.8) is 0 Å². The maximum atomic E-state index is 11.8. The molecule has 0 bridgehead atoms. The van der Waals surface area contributed by atoms with Gasteiger partial charge >= 0.3 is 0 Å². The summed E-state index contributed by atoms with van der Waals surface area (Å²) in [6.07, 6.45) is 6.02. The normalized spacial score (nSPS) is 14.4. The molecule has 8 nitrogen and oxygen atoms in total. The summed E-state index contributed by atoms with van der Waals surface area (Å²) in [6, 6.07) is 8.28. The zero-order chi connectivity index (χ0) is 20.5. The molecular weight excluding hydrogens is 370 g/mol. The number of ether oxygens (including phenoxy) is 1. The van der Waals surface area contributed by atoms with Crippen LogP contribution in [-0.4, -0.2) is 47.0 Å². The molecule has 156 valence electrons. The first kappa shape index (κ1) is 20.9. The first-order valence-electron chi connectivity index (χ1n) is 10.1. The number of nitrogens with zero attached hydrogens (tertiary/aromatic N) is 2. The lowest BCUT2D eigenvalue weighted by Crippen LogP contribution is -2.29. The van der Waals surface area contributed by atoms with Gasteiger partial charge in [0.15, 0.2) is 0 Å². The third-order valence-corrected chi connectivity index (χ3v) is 4.75. The SMILES string of the molecule is CC(=O)Nc1cnc(NCCCOc2cccc(CN3CCCCC3)c2)[nH]c1=O. The highest BCUT2D eigenvalue weighted by Crippen LogP contribution is 2.17. The van der Waals surface area contributed by atoms with Crippen molar-refractivity contribution in [2.75, 3.05) is 36.9 Å². The smallest absolute Gasteiger partial charge is 0.276 e. The quantitative estimate of drug-likeness (QED) is 0.561. The molecule has 1 aromatic carbocycles. The minimum Gasteiger partial charge on any atom is -0.494 e. The third-order valence-electron chi connectivity index (χ3n) is 4.75. The second-order valence-electron chi connectivity index (χ2n) is 7.27. The van der Waals surface area contributed by atoms with E-state index in [9.17, 15) is 9.59 Å². The molecule has 1 aromatic heterocycles. The molecule has 2 heterocycles. The monoisotopic (exact) mass is 399 g/mol. The number of hydrogen-bond donors (Lipinski definition) is 3. The summed E-state index contributed by atoms with van der Waals surface area (Å²) < 4.78 is 5.86. The summed E-state index contributed by atoms with van der Waals surface area (Å²) in [7, 11) is 0. The lowest BCUT2D eigenvalue weighted by atomic mass is 10.1. The van der Waals surface area contributed by atoms with Crippen molar-refractivity contribution in [3.8, 4) is 5.75 Å². The van der Waals surface area contributed by atoms with Crippen LogP contribution in [0.5, 0.6) is 5.75 Å². The van der Waals surface area contributed by atoms with E-state index in [0.717, 1.165) is 18.7 Å². The second kappa shape index (κ2) is 10.6. The van der Waals surface area contributed by atoms with Gasteiger partial charge in [-0.25, -0.2) is 4.98 Å². The Morgan fingerprint density at radius 2 is 2.10 bits per heavy atom. The molecular formula is C21H29N5O3. The maximum Gasteiger partial charge on any atom is 0.276 e. The van der Waals surface area contributed by atoms with Gasteiger partial charge in [-0.3, -0.25) is 19.5 Å². The summed E-state index contributed by atoms with van der Waals surface area (Å²) in [5, 5.41) is 5.48. The fourth-order valence-corrected chi connectivity index (χ4v) is 3.34. The molecule has 2 aromatic rings. The number of aromatic nitrogens is 2. The van der Waals surface area contributed by atoms with Crippen LogP contribution in [0.2, 0.25) is 0 Å². The van der Waals surface area contributed by atoms with Crippen LogP contribution in [0.25, 0.3) is 0 Å². The molecule has 0 aliphatic carbocycles. The molecule has 1 fully saturated rings. The number of H-pyrrole nitrogens is 1. The summed E-state index contributed by atoms with van der Waals surface area (Å²) in [6.45, 7) is 5.85. The molecule has 0 spiro atoms. The molecule has 0 atom stereocenters. The van der Waals surface area contributed by atoms with Gasteiger partial charge in [-0.1, -0.05) is 18.6 Å². The Morgan fingerprint density at radius 3 is 2.86 bits per heavy atom. The maximum absolute atomic E-state index is 11.8. The molecule has 1 saturated heterocycles. The lowest BCUT2D eigenvalue weighted by Gasteiger charge is -2.26. The first-order chi connectivity index (χ1) is 14.1. The van der Waals surface area contributed by atoms with E-state index in [2.05, 4.69) is 37.6 Å². The van der Waals surface area contributed by atoms with Gasteiger partial charge < -0.3 is 15.4 Å². The molecule has 1 amide bonds. The van der Waals surface area contributed by atoms with Crippen LogP contribution in [0.3, 0.4) is 0 Å². The lowest BCUT2D eigenvalue weighted by molar-refractivity contribution is -0.114. The van der Waals surface area contributed by atoms with Gasteiger partial charge in [0.1, 0.15) is 11.4 Å². The van der Waals surface area contributed by atoms with Gasteiger partial charge in [-0.15, -0.1) is 0 Å². The predicted octanol–water partition coefficient (Wildman–Crippen LogP) is 2.60. The van der Waals surface area contributed by atoms with Gasteiger partial charge in [0.25, 0.3) is 5.56 Å². The Kier molecular flexibility index (Phi) is 7.63. The van der Waals surface area contributed by atoms with Crippen LogP contribution in [0, 0.1) is 0 Å². The number of amides is 1. The Labute approximate surface area is 170 Å². The van der Waals surface area contributed by atoms with Gasteiger partial charge in [0.2, 0.25) is 11.9 Å². The minimum absolute atomic E-state index is 0.135. The average molecular weight is 399 g/mol. The summed E-state index contributed by atoms with van der Waals surface area (Å²) in [5.74, 6) is 0.938. The topological polar surface area (TPSA) is 99.3 Å². The van der Waals surface area contributed by atoms with Crippen molar-refractivity contribution in [3.05, 3.63) is 46.4 Å². The molecule has 0 saturated carbocycles. The van der Waals surface area contributed by atoms with E-state index < -0.39 is 0 Å². The highest BCUT2D eigenvalue weighted by molar-refractivity contribution is 5.88. The van der Waals surface area contributed by atoms with E-state index in [1.807, 2.05) is 12.1 Å². The van der Waals surface area contributed by atoms with Crippen LogP contribution in [0.1, 0.15) is 38.2 Å². The van der Waals surface area contributed by atoms with Crippen molar-refractivity contribution >= 4 is 17.5 Å². The van der Waals surface area contributed by atoms with E-state index in [-0.39, 0.29) is 17.2 Å². The zero-order valence-corrected chi connectivity index (χ0v) is 16.9. The van der Waals surface area contributed by atoms with Gasteiger partial charge in [-0.2, -0.15) is 0 Å². The van der Waals surface area contributed by atoms with Gasteiger partial charge in [0, 0.05) is 20.0 Å². The van der Waals surface area contributed by atoms with Crippen LogP contribution in [-0.2, 0) is 11.3 Å². The summed E-state index contributed by atoms with van der Waals surface area (Å²) >= 11 is 0. The highest BCUT2D eigenvalue weighted by atomic mass is 16.5. The van der Waals surface area contributed by atoms with E-state index in [1.165, 1.54) is 51.0 Å². The van der Waals surface area contributed by atoms with Crippen LogP contribution < -0.4 is 20.9 Å². The van der Waals surface area contributed by atoms with E-state index >= 15 is 0 Å². The van der Waals surface area contributed by atoms with Gasteiger partial charge in [0.05, 0.1) is 12.8 Å². The van der Waals surface area contributed by atoms with Crippen LogP contribution in [0.15, 0.2) is 35.3 Å². The number of carbonyl (C=O) groups is 1. The Hall–Kier alpha value is -2.87. The number of aromatic amines is 1. The molecule has 1 aliphatic heterocycles. The average Bonchev–Trinajstić information content (AvgIpc) is 2.70. The zero-order valence-electron chi connectivity index (χ0n) is 16.9. The number of benzene rings is 1. The predicted molar refractivity (Wildman–Crippen MR) is 113 cm³/mol. The molecule has 1 aliphatic rings. The number of rotatable bonds is 9. The number of hydrogen-bond acceptors (Lipinski definition) is 6.